The Morgan fingerprint density at radius 2 is 1.93 bits per heavy atom. The molecule has 1 aliphatic rings. The first-order valence-electron chi connectivity index (χ1n) is 9.70. The van der Waals surface area contributed by atoms with Gasteiger partial charge in [-0.1, -0.05) is 0 Å². The molecular weight excluding hydrogens is 372 g/mol. The van der Waals surface area contributed by atoms with Crippen LogP contribution in [0.3, 0.4) is 0 Å². The summed E-state index contributed by atoms with van der Waals surface area (Å²) in [6.07, 6.45) is 1.58. The monoisotopic (exact) mass is 396 g/mol. The number of aryl methyl sites for hydroxylation is 2. The van der Waals surface area contributed by atoms with Crippen LogP contribution in [0.2, 0.25) is 0 Å². The Labute approximate surface area is 168 Å². The first-order chi connectivity index (χ1) is 14.0. The van der Waals surface area contributed by atoms with Crippen molar-refractivity contribution >= 4 is 23.0 Å². The highest BCUT2D eigenvalue weighted by molar-refractivity contribution is 6.07. The second-order valence-corrected chi connectivity index (χ2v) is 7.05. The number of nitrogens with zero attached hydrogens (tertiary/aromatic N) is 5. The van der Waals surface area contributed by atoms with E-state index in [1.165, 1.54) is 0 Å². The van der Waals surface area contributed by atoms with Gasteiger partial charge < -0.3 is 19.5 Å². The molecule has 1 N–H and O–H groups in total. The third-order valence-corrected chi connectivity index (χ3v) is 5.15. The third-order valence-electron chi connectivity index (χ3n) is 5.15. The van der Waals surface area contributed by atoms with E-state index in [4.69, 9.17) is 4.42 Å². The van der Waals surface area contributed by atoms with Crippen LogP contribution in [0, 0.1) is 6.92 Å². The molecule has 0 unspecified atom stereocenters. The molecule has 0 bridgehead atoms. The minimum absolute atomic E-state index is 0.0862. The number of furan rings is 1. The molecule has 0 aliphatic carbocycles. The Morgan fingerprint density at radius 3 is 2.59 bits per heavy atom. The van der Waals surface area contributed by atoms with Crippen LogP contribution in [-0.4, -0.2) is 69.2 Å². The van der Waals surface area contributed by atoms with Crippen LogP contribution in [0.4, 0.5) is 4.79 Å². The summed E-state index contributed by atoms with van der Waals surface area (Å²) < 4.78 is 7.17. The van der Waals surface area contributed by atoms with Gasteiger partial charge in [0.25, 0.3) is 5.91 Å². The summed E-state index contributed by atoms with van der Waals surface area (Å²) in [6, 6.07) is 5.29. The van der Waals surface area contributed by atoms with Gasteiger partial charge in [0.15, 0.2) is 11.4 Å². The fraction of sp³-hybridized carbons (Fsp3) is 0.400. The van der Waals surface area contributed by atoms with Gasteiger partial charge >= 0.3 is 6.03 Å². The van der Waals surface area contributed by atoms with Crippen LogP contribution in [0.25, 0.3) is 22.5 Å². The Kier molecular flexibility index (Phi) is 4.96. The number of aromatic nitrogens is 3. The van der Waals surface area contributed by atoms with E-state index < -0.39 is 0 Å². The smallest absolute Gasteiger partial charge is 0.317 e. The molecule has 1 fully saturated rings. The zero-order valence-corrected chi connectivity index (χ0v) is 16.8. The van der Waals surface area contributed by atoms with Gasteiger partial charge in [0, 0.05) is 39.8 Å². The number of hydrogen-bond donors (Lipinski definition) is 1. The standard InChI is InChI=1S/C20H24N6O3/c1-4-21-20(28)26-9-7-25(8-10-26)19(27)14-12-15(16-6-5-11-29-16)22-18-17(14)13(2)23-24(18)3/h5-6,11-12H,4,7-10H2,1-3H3,(H,21,28). The van der Waals surface area contributed by atoms with E-state index in [0.29, 0.717) is 55.4 Å². The van der Waals surface area contributed by atoms with Crippen LogP contribution in [0.1, 0.15) is 23.0 Å². The molecule has 3 aromatic heterocycles. The van der Waals surface area contributed by atoms with Gasteiger partial charge in [-0.15, -0.1) is 0 Å². The fourth-order valence-electron chi connectivity index (χ4n) is 3.71. The van der Waals surface area contributed by atoms with Crippen molar-refractivity contribution in [3.05, 3.63) is 35.7 Å². The third kappa shape index (κ3) is 3.43. The highest BCUT2D eigenvalue weighted by atomic mass is 16.3. The number of hydrogen-bond acceptors (Lipinski definition) is 5. The Bertz CT molecular complexity index is 1050. The molecule has 0 aromatic carbocycles. The topological polar surface area (TPSA) is 96.5 Å². The summed E-state index contributed by atoms with van der Waals surface area (Å²) in [5.74, 6) is 0.512. The first-order valence-corrected chi connectivity index (χ1v) is 9.70. The molecule has 0 radical (unpaired) electrons. The van der Waals surface area contributed by atoms with E-state index in [-0.39, 0.29) is 11.9 Å². The van der Waals surface area contributed by atoms with E-state index >= 15 is 0 Å². The van der Waals surface area contributed by atoms with Crippen LogP contribution in [0.5, 0.6) is 0 Å². The number of carbonyl (C=O) groups is 2. The van der Waals surface area contributed by atoms with Crippen molar-refractivity contribution in [1.82, 2.24) is 29.9 Å². The van der Waals surface area contributed by atoms with E-state index in [9.17, 15) is 9.59 Å². The average Bonchev–Trinajstić information content (AvgIpc) is 3.36. The predicted molar refractivity (Wildman–Crippen MR) is 107 cm³/mol. The van der Waals surface area contributed by atoms with Crippen LogP contribution in [-0.2, 0) is 7.05 Å². The van der Waals surface area contributed by atoms with E-state index in [2.05, 4.69) is 15.4 Å². The molecule has 3 amide bonds. The summed E-state index contributed by atoms with van der Waals surface area (Å²) in [7, 11) is 1.81. The summed E-state index contributed by atoms with van der Waals surface area (Å²) in [6.45, 7) is 6.32. The first kappa shape index (κ1) is 19.0. The molecule has 0 saturated carbocycles. The molecule has 9 nitrogen and oxygen atoms in total. The van der Waals surface area contributed by atoms with Crippen molar-refractivity contribution in [2.75, 3.05) is 32.7 Å². The summed E-state index contributed by atoms with van der Waals surface area (Å²) >= 11 is 0. The van der Waals surface area contributed by atoms with Crippen LogP contribution in [0.15, 0.2) is 28.9 Å². The quantitative estimate of drug-likeness (QED) is 0.731. The number of urea groups is 1. The molecule has 0 spiro atoms. The largest absolute Gasteiger partial charge is 0.463 e. The second-order valence-electron chi connectivity index (χ2n) is 7.05. The molecule has 3 aromatic rings. The number of rotatable bonds is 3. The fourth-order valence-corrected chi connectivity index (χ4v) is 3.71. The maximum Gasteiger partial charge on any atom is 0.317 e. The number of fused-ring (bicyclic) bond motifs is 1. The number of carbonyl (C=O) groups excluding carboxylic acids is 2. The summed E-state index contributed by atoms with van der Waals surface area (Å²) in [4.78, 5) is 33.6. The molecule has 4 heterocycles. The average molecular weight is 396 g/mol. The Balaban J connectivity index is 1.66. The van der Waals surface area contributed by atoms with E-state index in [1.54, 1.807) is 32.9 Å². The summed E-state index contributed by atoms with van der Waals surface area (Å²) in [5.41, 5.74) is 2.54. The number of piperazine rings is 1. The highest BCUT2D eigenvalue weighted by Crippen LogP contribution is 2.28. The minimum atomic E-state index is -0.0888. The molecule has 152 valence electrons. The zero-order valence-electron chi connectivity index (χ0n) is 16.8. The lowest BCUT2D eigenvalue weighted by atomic mass is 10.1. The van der Waals surface area contributed by atoms with Crippen molar-refractivity contribution in [3.8, 4) is 11.5 Å². The normalized spacial score (nSPS) is 14.4. The molecule has 1 aliphatic heterocycles. The molecule has 1 saturated heterocycles. The van der Waals surface area contributed by atoms with Gasteiger partial charge in [-0.2, -0.15) is 5.10 Å². The predicted octanol–water partition coefficient (Wildman–Crippen LogP) is 2.02. The number of pyridine rings is 1. The van der Waals surface area contributed by atoms with Crippen molar-refractivity contribution in [2.24, 2.45) is 7.05 Å². The van der Waals surface area contributed by atoms with Crippen molar-refractivity contribution < 1.29 is 14.0 Å². The number of amides is 3. The van der Waals surface area contributed by atoms with Crippen LogP contribution < -0.4 is 5.32 Å². The van der Waals surface area contributed by atoms with E-state index in [0.717, 1.165) is 11.1 Å². The van der Waals surface area contributed by atoms with Gasteiger partial charge in [-0.3, -0.25) is 9.48 Å². The minimum Gasteiger partial charge on any atom is -0.463 e. The summed E-state index contributed by atoms with van der Waals surface area (Å²) in [5, 5.41) is 8.00. The van der Waals surface area contributed by atoms with Crippen molar-refractivity contribution in [2.45, 2.75) is 13.8 Å². The van der Waals surface area contributed by atoms with Gasteiger partial charge in [-0.05, 0) is 32.0 Å². The van der Waals surface area contributed by atoms with Crippen molar-refractivity contribution in [3.63, 3.8) is 0 Å². The second kappa shape index (κ2) is 7.57. The van der Waals surface area contributed by atoms with Crippen LogP contribution >= 0.6 is 0 Å². The van der Waals surface area contributed by atoms with E-state index in [1.807, 2.05) is 27.0 Å². The number of nitrogens with one attached hydrogen (secondary N) is 1. The van der Waals surface area contributed by atoms with Gasteiger partial charge in [0.05, 0.1) is 22.9 Å². The molecule has 4 rings (SSSR count). The lowest BCUT2D eigenvalue weighted by molar-refractivity contribution is 0.0667. The van der Waals surface area contributed by atoms with Gasteiger partial charge in [0.2, 0.25) is 0 Å². The lowest BCUT2D eigenvalue weighted by Gasteiger charge is -2.34. The maximum atomic E-state index is 13.4. The highest BCUT2D eigenvalue weighted by Gasteiger charge is 2.28. The van der Waals surface area contributed by atoms with Gasteiger partial charge in [0.1, 0.15) is 5.69 Å². The Morgan fingerprint density at radius 1 is 1.21 bits per heavy atom. The maximum absolute atomic E-state index is 13.4. The van der Waals surface area contributed by atoms with Gasteiger partial charge in [-0.25, -0.2) is 9.78 Å². The SMILES string of the molecule is CCNC(=O)N1CCN(C(=O)c2cc(-c3ccco3)nc3c2c(C)nn3C)CC1. The molecular formula is C20H24N6O3. The zero-order chi connectivity index (χ0) is 20.5. The Hall–Kier alpha value is -3.36. The van der Waals surface area contributed by atoms with Crippen molar-refractivity contribution in [1.29, 1.82) is 0 Å². The molecule has 9 heteroatoms. The molecule has 29 heavy (non-hydrogen) atoms. The molecule has 0 atom stereocenters. The lowest BCUT2D eigenvalue weighted by Crippen LogP contribution is -2.53.